The number of hydrogen-bond acceptors (Lipinski definition) is 3. The summed E-state index contributed by atoms with van der Waals surface area (Å²) in [4.78, 5) is 0.297. The van der Waals surface area contributed by atoms with E-state index in [-0.39, 0.29) is 6.04 Å². The van der Waals surface area contributed by atoms with Crippen LogP contribution in [0.5, 0.6) is 0 Å². The van der Waals surface area contributed by atoms with Gasteiger partial charge < -0.3 is 4.42 Å². The van der Waals surface area contributed by atoms with Crippen molar-refractivity contribution in [2.75, 3.05) is 0 Å². The van der Waals surface area contributed by atoms with Crippen LogP contribution in [0.25, 0.3) is 0 Å². The van der Waals surface area contributed by atoms with Gasteiger partial charge in [-0.2, -0.15) is 0 Å². The van der Waals surface area contributed by atoms with Crippen molar-refractivity contribution in [2.24, 2.45) is 0 Å². The summed E-state index contributed by atoms with van der Waals surface area (Å²) in [7, 11) is -3.47. The van der Waals surface area contributed by atoms with Crippen molar-refractivity contribution < 1.29 is 12.8 Å². The van der Waals surface area contributed by atoms with Gasteiger partial charge in [-0.25, -0.2) is 13.1 Å². The van der Waals surface area contributed by atoms with Gasteiger partial charge >= 0.3 is 0 Å². The van der Waals surface area contributed by atoms with Crippen LogP contribution in [-0.2, 0) is 16.4 Å². The number of nitrogens with one attached hydrogen (secondary N) is 1. The molecule has 1 heterocycles. The average Bonchev–Trinajstić information content (AvgIpc) is 2.89. The zero-order valence-electron chi connectivity index (χ0n) is 10.4. The van der Waals surface area contributed by atoms with Crippen molar-refractivity contribution in [3.05, 3.63) is 54.0 Å². The molecule has 0 bridgehead atoms. The standard InChI is InChI=1S/C14H15NO3S/c16-19(17,11-5-2-1-3-6-11)15-13-7-4-8-14-12(13)9-10-18-14/h1-3,5-6,9-10,13,15H,4,7-8H2/t13-/m1/s1. The molecule has 1 N–H and O–H groups in total. The molecule has 0 radical (unpaired) electrons. The van der Waals surface area contributed by atoms with Gasteiger partial charge in [0.25, 0.3) is 0 Å². The average molecular weight is 277 g/mol. The Morgan fingerprint density at radius 2 is 1.95 bits per heavy atom. The number of sulfonamides is 1. The predicted molar refractivity (Wildman–Crippen MR) is 71.2 cm³/mol. The van der Waals surface area contributed by atoms with Gasteiger partial charge in [-0.1, -0.05) is 18.2 Å². The molecule has 5 heteroatoms. The third-order valence-corrected chi connectivity index (χ3v) is 4.89. The number of rotatable bonds is 3. The van der Waals surface area contributed by atoms with Crippen molar-refractivity contribution in [1.29, 1.82) is 0 Å². The van der Waals surface area contributed by atoms with Gasteiger partial charge in [-0.3, -0.25) is 0 Å². The Balaban J connectivity index is 1.88. The third kappa shape index (κ3) is 2.43. The Morgan fingerprint density at radius 3 is 2.74 bits per heavy atom. The Labute approximate surface area is 112 Å². The Hall–Kier alpha value is -1.59. The molecule has 1 aromatic heterocycles. The Morgan fingerprint density at radius 1 is 1.16 bits per heavy atom. The molecule has 1 aliphatic rings. The van der Waals surface area contributed by atoms with Crippen LogP contribution < -0.4 is 4.72 Å². The number of furan rings is 1. The first-order chi connectivity index (χ1) is 9.17. The molecule has 0 aliphatic heterocycles. The van der Waals surface area contributed by atoms with E-state index < -0.39 is 10.0 Å². The highest BCUT2D eigenvalue weighted by Gasteiger charge is 2.27. The quantitative estimate of drug-likeness (QED) is 0.938. The van der Waals surface area contributed by atoms with Gasteiger partial charge in [0.05, 0.1) is 17.2 Å². The van der Waals surface area contributed by atoms with Crippen LogP contribution in [0.3, 0.4) is 0 Å². The Bertz CT molecular complexity index is 661. The number of aryl methyl sites for hydroxylation is 1. The molecular weight excluding hydrogens is 262 g/mol. The largest absolute Gasteiger partial charge is 0.469 e. The second-order valence-corrected chi connectivity index (χ2v) is 6.39. The van der Waals surface area contributed by atoms with E-state index in [4.69, 9.17) is 4.42 Å². The summed E-state index contributed by atoms with van der Waals surface area (Å²) in [6.07, 6.45) is 4.24. The van der Waals surface area contributed by atoms with Crippen LogP contribution in [0.4, 0.5) is 0 Å². The van der Waals surface area contributed by atoms with Crippen molar-refractivity contribution in [3.63, 3.8) is 0 Å². The van der Waals surface area contributed by atoms with Crippen LogP contribution in [0.2, 0.25) is 0 Å². The molecule has 0 fully saturated rings. The molecular formula is C14H15NO3S. The second kappa shape index (κ2) is 4.83. The van der Waals surface area contributed by atoms with Crippen LogP contribution in [0, 0.1) is 0 Å². The van der Waals surface area contributed by atoms with Crippen LogP contribution in [0.15, 0.2) is 52.0 Å². The topological polar surface area (TPSA) is 59.3 Å². The molecule has 100 valence electrons. The molecule has 19 heavy (non-hydrogen) atoms. The lowest BCUT2D eigenvalue weighted by Crippen LogP contribution is -2.30. The van der Waals surface area contributed by atoms with E-state index >= 15 is 0 Å². The Kier molecular flexibility index (Phi) is 3.16. The summed E-state index contributed by atoms with van der Waals surface area (Å²) < 4.78 is 32.7. The van der Waals surface area contributed by atoms with Gasteiger partial charge in [0, 0.05) is 12.0 Å². The van der Waals surface area contributed by atoms with Gasteiger partial charge in [-0.05, 0) is 31.0 Å². The molecule has 0 amide bonds. The molecule has 1 aliphatic carbocycles. The van der Waals surface area contributed by atoms with Crippen molar-refractivity contribution in [3.8, 4) is 0 Å². The summed E-state index contributed by atoms with van der Waals surface area (Å²) in [5.41, 5.74) is 0.964. The monoisotopic (exact) mass is 277 g/mol. The summed E-state index contributed by atoms with van der Waals surface area (Å²) >= 11 is 0. The molecule has 0 spiro atoms. The fourth-order valence-electron chi connectivity index (χ4n) is 2.46. The first-order valence-electron chi connectivity index (χ1n) is 6.30. The normalized spacial score (nSPS) is 19.1. The minimum Gasteiger partial charge on any atom is -0.469 e. The summed E-state index contributed by atoms with van der Waals surface area (Å²) in [5, 5.41) is 0. The highest BCUT2D eigenvalue weighted by Crippen LogP contribution is 2.31. The molecule has 4 nitrogen and oxygen atoms in total. The lowest BCUT2D eigenvalue weighted by molar-refractivity contribution is 0.438. The number of fused-ring (bicyclic) bond motifs is 1. The maximum atomic E-state index is 12.3. The minimum absolute atomic E-state index is 0.187. The van der Waals surface area contributed by atoms with E-state index in [0.717, 1.165) is 30.6 Å². The van der Waals surface area contributed by atoms with Gasteiger partial charge in [0.2, 0.25) is 10.0 Å². The molecule has 0 saturated carbocycles. The van der Waals surface area contributed by atoms with Gasteiger partial charge in [0.1, 0.15) is 5.76 Å². The first kappa shape index (κ1) is 12.4. The zero-order chi connectivity index (χ0) is 13.3. The lowest BCUT2D eigenvalue weighted by atomic mass is 9.94. The third-order valence-electron chi connectivity index (χ3n) is 3.40. The van der Waals surface area contributed by atoms with Crippen molar-refractivity contribution >= 4 is 10.0 Å². The van der Waals surface area contributed by atoms with Crippen LogP contribution in [0.1, 0.15) is 30.2 Å². The van der Waals surface area contributed by atoms with Crippen molar-refractivity contribution in [1.82, 2.24) is 4.72 Å². The summed E-state index contributed by atoms with van der Waals surface area (Å²) in [5.74, 6) is 0.895. The first-order valence-corrected chi connectivity index (χ1v) is 7.79. The van der Waals surface area contributed by atoms with Crippen LogP contribution in [-0.4, -0.2) is 8.42 Å². The summed E-state index contributed by atoms with van der Waals surface area (Å²) in [6.45, 7) is 0. The molecule has 2 aromatic rings. The van der Waals surface area contributed by atoms with E-state index in [0.29, 0.717) is 4.90 Å². The van der Waals surface area contributed by atoms with E-state index in [9.17, 15) is 8.42 Å². The zero-order valence-corrected chi connectivity index (χ0v) is 11.2. The highest BCUT2D eigenvalue weighted by atomic mass is 32.2. The van der Waals surface area contributed by atoms with E-state index in [1.165, 1.54) is 0 Å². The van der Waals surface area contributed by atoms with E-state index in [1.54, 1.807) is 36.6 Å². The van der Waals surface area contributed by atoms with Gasteiger partial charge in [0.15, 0.2) is 0 Å². The number of hydrogen-bond donors (Lipinski definition) is 1. The fourth-order valence-corrected chi connectivity index (χ4v) is 3.73. The number of benzene rings is 1. The highest BCUT2D eigenvalue weighted by molar-refractivity contribution is 7.89. The van der Waals surface area contributed by atoms with Gasteiger partial charge in [-0.15, -0.1) is 0 Å². The maximum Gasteiger partial charge on any atom is 0.241 e. The second-order valence-electron chi connectivity index (χ2n) is 4.68. The molecule has 0 saturated heterocycles. The van der Waals surface area contributed by atoms with E-state index in [2.05, 4.69) is 4.72 Å². The predicted octanol–water partition coefficient (Wildman–Crippen LogP) is 2.64. The fraction of sp³-hybridized carbons (Fsp3) is 0.286. The van der Waals surface area contributed by atoms with Crippen LogP contribution >= 0.6 is 0 Å². The lowest BCUT2D eigenvalue weighted by Gasteiger charge is -2.22. The van der Waals surface area contributed by atoms with Crippen molar-refractivity contribution in [2.45, 2.75) is 30.2 Å². The SMILES string of the molecule is O=S(=O)(N[C@@H]1CCCc2occc21)c1ccccc1. The smallest absolute Gasteiger partial charge is 0.241 e. The van der Waals surface area contributed by atoms with E-state index in [1.807, 2.05) is 6.07 Å². The molecule has 1 atom stereocenters. The molecule has 3 rings (SSSR count). The maximum absolute atomic E-state index is 12.3. The summed E-state index contributed by atoms with van der Waals surface area (Å²) in [6, 6.07) is 10.1. The minimum atomic E-state index is -3.47. The molecule has 0 unspecified atom stereocenters. The molecule has 1 aromatic carbocycles.